The van der Waals surface area contributed by atoms with Crippen LogP contribution in [-0.4, -0.2) is 26.0 Å². The standard InChI is InChI=1S/C18H16FN5OS/c1-11-21-22-18-24(11)23-15(12-7-9-13(19)10-8-12)16(26-18)17(25)20-14-5-3-2-4-6-14/h2-10,15-16,23H,1H3,(H,20,25)/t15-,16+/m1/s1. The van der Waals surface area contributed by atoms with Gasteiger partial charge in [-0.15, -0.1) is 10.2 Å². The molecule has 3 aromatic rings. The fourth-order valence-electron chi connectivity index (χ4n) is 2.82. The number of para-hydroxylation sites is 1. The van der Waals surface area contributed by atoms with Crippen LogP contribution in [0.4, 0.5) is 10.1 Å². The molecule has 2 aromatic carbocycles. The van der Waals surface area contributed by atoms with Crippen molar-refractivity contribution in [3.63, 3.8) is 0 Å². The third kappa shape index (κ3) is 3.15. The summed E-state index contributed by atoms with van der Waals surface area (Å²) in [5, 5.41) is 11.2. The van der Waals surface area contributed by atoms with Crippen molar-refractivity contribution in [2.24, 2.45) is 0 Å². The lowest BCUT2D eigenvalue weighted by atomic mass is 10.0. The topological polar surface area (TPSA) is 71.8 Å². The molecule has 132 valence electrons. The van der Waals surface area contributed by atoms with E-state index in [4.69, 9.17) is 0 Å². The van der Waals surface area contributed by atoms with Crippen molar-refractivity contribution < 1.29 is 9.18 Å². The Morgan fingerprint density at radius 2 is 1.88 bits per heavy atom. The second-order valence-electron chi connectivity index (χ2n) is 5.92. The maximum atomic E-state index is 13.3. The van der Waals surface area contributed by atoms with Gasteiger partial charge in [0.05, 0.1) is 6.04 Å². The number of hydrogen-bond donors (Lipinski definition) is 2. The lowest BCUT2D eigenvalue weighted by Crippen LogP contribution is -2.41. The largest absolute Gasteiger partial charge is 0.325 e. The lowest BCUT2D eigenvalue weighted by Gasteiger charge is -2.32. The Morgan fingerprint density at radius 3 is 2.62 bits per heavy atom. The summed E-state index contributed by atoms with van der Waals surface area (Å²) >= 11 is 1.33. The first-order chi connectivity index (χ1) is 12.6. The maximum Gasteiger partial charge on any atom is 0.240 e. The number of fused-ring (bicyclic) bond motifs is 1. The summed E-state index contributed by atoms with van der Waals surface area (Å²) in [6, 6.07) is 15.1. The van der Waals surface area contributed by atoms with Gasteiger partial charge in [0.2, 0.25) is 11.1 Å². The molecular weight excluding hydrogens is 353 g/mol. The van der Waals surface area contributed by atoms with Gasteiger partial charge in [0.1, 0.15) is 16.9 Å². The first-order valence-corrected chi connectivity index (χ1v) is 8.96. The van der Waals surface area contributed by atoms with Gasteiger partial charge in [0, 0.05) is 5.69 Å². The number of thioether (sulfide) groups is 1. The first kappa shape index (κ1) is 16.6. The van der Waals surface area contributed by atoms with Crippen molar-refractivity contribution in [3.8, 4) is 0 Å². The van der Waals surface area contributed by atoms with Crippen LogP contribution in [0.3, 0.4) is 0 Å². The van der Waals surface area contributed by atoms with Crippen LogP contribution in [0.15, 0.2) is 59.8 Å². The van der Waals surface area contributed by atoms with Gasteiger partial charge in [-0.25, -0.2) is 9.07 Å². The molecule has 4 rings (SSSR count). The van der Waals surface area contributed by atoms with Crippen molar-refractivity contribution in [3.05, 3.63) is 71.8 Å². The molecule has 0 bridgehead atoms. The number of anilines is 1. The fraction of sp³-hybridized carbons (Fsp3) is 0.167. The van der Waals surface area contributed by atoms with Gasteiger partial charge in [-0.1, -0.05) is 42.1 Å². The Balaban J connectivity index is 1.67. The number of carbonyl (C=O) groups excluding carboxylic acids is 1. The van der Waals surface area contributed by atoms with Crippen LogP contribution in [0.5, 0.6) is 0 Å². The number of amides is 1. The highest BCUT2D eigenvalue weighted by molar-refractivity contribution is 8.00. The number of nitrogens with zero attached hydrogens (tertiary/aromatic N) is 3. The number of rotatable bonds is 3. The average molecular weight is 369 g/mol. The van der Waals surface area contributed by atoms with Crippen molar-refractivity contribution in [2.75, 3.05) is 10.7 Å². The Morgan fingerprint density at radius 1 is 1.15 bits per heavy atom. The van der Waals surface area contributed by atoms with Crippen molar-refractivity contribution >= 4 is 23.4 Å². The minimum atomic E-state index is -0.489. The van der Waals surface area contributed by atoms with E-state index in [1.165, 1.54) is 23.9 Å². The number of nitrogens with one attached hydrogen (secondary N) is 2. The van der Waals surface area contributed by atoms with E-state index in [-0.39, 0.29) is 17.8 Å². The van der Waals surface area contributed by atoms with E-state index in [1.807, 2.05) is 37.3 Å². The van der Waals surface area contributed by atoms with Gasteiger partial charge in [-0.05, 0) is 36.8 Å². The fourth-order valence-corrected chi connectivity index (χ4v) is 3.94. The van der Waals surface area contributed by atoms with E-state index < -0.39 is 5.25 Å². The number of carbonyl (C=O) groups is 1. The molecule has 2 atom stereocenters. The van der Waals surface area contributed by atoms with E-state index in [0.717, 1.165) is 11.3 Å². The molecule has 0 radical (unpaired) electrons. The molecule has 0 unspecified atom stereocenters. The minimum Gasteiger partial charge on any atom is -0.325 e. The van der Waals surface area contributed by atoms with Crippen LogP contribution in [0, 0.1) is 12.7 Å². The third-order valence-corrected chi connectivity index (χ3v) is 5.34. The van der Waals surface area contributed by atoms with E-state index in [9.17, 15) is 9.18 Å². The molecule has 2 heterocycles. The van der Waals surface area contributed by atoms with Gasteiger partial charge >= 0.3 is 0 Å². The summed E-state index contributed by atoms with van der Waals surface area (Å²) in [5.74, 6) is 0.222. The molecule has 8 heteroatoms. The molecular formula is C18H16FN5OS. The van der Waals surface area contributed by atoms with E-state index in [0.29, 0.717) is 11.0 Å². The van der Waals surface area contributed by atoms with Gasteiger partial charge in [-0.3, -0.25) is 4.79 Å². The number of halogens is 1. The van der Waals surface area contributed by atoms with Gasteiger partial charge in [0.15, 0.2) is 0 Å². The van der Waals surface area contributed by atoms with Crippen molar-refractivity contribution in [2.45, 2.75) is 23.4 Å². The Kier molecular flexibility index (Phi) is 4.34. The zero-order valence-electron chi connectivity index (χ0n) is 13.9. The highest BCUT2D eigenvalue weighted by Gasteiger charge is 2.37. The molecule has 1 amide bonds. The molecule has 2 N–H and O–H groups in total. The molecule has 1 aliphatic heterocycles. The monoisotopic (exact) mass is 369 g/mol. The summed E-state index contributed by atoms with van der Waals surface area (Å²) in [7, 11) is 0. The van der Waals surface area contributed by atoms with Gasteiger partial charge in [0.25, 0.3) is 0 Å². The van der Waals surface area contributed by atoms with Crippen molar-refractivity contribution in [1.82, 2.24) is 14.9 Å². The van der Waals surface area contributed by atoms with Crippen LogP contribution < -0.4 is 10.7 Å². The SMILES string of the molecule is Cc1nnc2n1N[C@H](c1ccc(F)cc1)[C@@H](C(=O)Nc1ccccc1)S2. The molecule has 1 aromatic heterocycles. The predicted octanol–water partition coefficient (Wildman–Crippen LogP) is 3.12. The summed E-state index contributed by atoms with van der Waals surface area (Å²) in [6.45, 7) is 1.83. The van der Waals surface area contributed by atoms with Crippen LogP contribution in [-0.2, 0) is 4.79 Å². The normalized spacial score (nSPS) is 18.7. The molecule has 0 aliphatic carbocycles. The zero-order chi connectivity index (χ0) is 18.1. The summed E-state index contributed by atoms with van der Waals surface area (Å²) < 4.78 is 15.1. The quantitative estimate of drug-likeness (QED) is 0.742. The van der Waals surface area contributed by atoms with Crippen LogP contribution in [0.1, 0.15) is 17.4 Å². The van der Waals surface area contributed by atoms with Crippen molar-refractivity contribution in [1.29, 1.82) is 0 Å². The Bertz CT molecular complexity index is 929. The summed E-state index contributed by atoms with van der Waals surface area (Å²) in [5.41, 5.74) is 4.82. The number of benzene rings is 2. The molecule has 0 fully saturated rings. The summed E-state index contributed by atoms with van der Waals surface area (Å²) in [6.07, 6.45) is 0. The lowest BCUT2D eigenvalue weighted by molar-refractivity contribution is -0.116. The first-order valence-electron chi connectivity index (χ1n) is 8.08. The van der Waals surface area contributed by atoms with E-state index >= 15 is 0 Å². The molecule has 0 saturated heterocycles. The maximum absolute atomic E-state index is 13.3. The molecule has 0 spiro atoms. The summed E-state index contributed by atoms with van der Waals surface area (Å²) in [4.78, 5) is 12.9. The smallest absolute Gasteiger partial charge is 0.240 e. The van der Waals surface area contributed by atoms with Crippen LogP contribution in [0.25, 0.3) is 0 Å². The third-order valence-electron chi connectivity index (χ3n) is 4.13. The molecule has 6 nitrogen and oxygen atoms in total. The number of aryl methyl sites for hydroxylation is 1. The van der Waals surface area contributed by atoms with Crippen LogP contribution in [0.2, 0.25) is 0 Å². The average Bonchev–Trinajstić information content (AvgIpc) is 3.02. The second kappa shape index (κ2) is 6.80. The molecule has 1 aliphatic rings. The minimum absolute atomic E-state index is 0.157. The van der Waals surface area contributed by atoms with Gasteiger partial charge in [-0.2, -0.15) is 0 Å². The second-order valence-corrected chi connectivity index (χ2v) is 7.03. The Labute approximate surface area is 153 Å². The highest BCUT2D eigenvalue weighted by atomic mass is 32.2. The number of hydrogen-bond acceptors (Lipinski definition) is 5. The molecule has 0 saturated carbocycles. The van der Waals surface area contributed by atoms with E-state index in [2.05, 4.69) is 20.9 Å². The number of aromatic nitrogens is 3. The predicted molar refractivity (Wildman–Crippen MR) is 98.0 cm³/mol. The zero-order valence-corrected chi connectivity index (χ0v) is 14.7. The van der Waals surface area contributed by atoms with Gasteiger partial charge < -0.3 is 10.7 Å². The highest BCUT2D eigenvalue weighted by Crippen LogP contribution is 2.37. The van der Waals surface area contributed by atoms with Crippen LogP contribution >= 0.6 is 11.8 Å². The molecule has 26 heavy (non-hydrogen) atoms. The Hall–Kier alpha value is -2.87. The van der Waals surface area contributed by atoms with E-state index in [1.54, 1.807) is 16.8 Å².